The van der Waals surface area contributed by atoms with E-state index in [0.717, 1.165) is 13.0 Å². The normalized spacial score (nSPS) is 11.2. The van der Waals surface area contributed by atoms with Crippen molar-refractivity contribution in [1.82, 2.24) is 10.7 Å². The Morgan fingerprint density at radius 2 is 1.15 bits per heavy atom. The first kappa shape index (κ1) is 25.4. The van der Waals surface area contributed by atoms with Crippen LogP contribution in [0.3, 0.4) is 0 Å². The third-order valence-corrected chi connectivity index (χ3v) is 5.00. The first-order valence-corrected chi connectivity index (χ1v) is 11.8. The molecule has 0 aliphatic heterocycles. The van der Waals surface area contributed by atoms with Crippen LogP contribution in [-0.4, -0.2) is 17.9 Å². The summed E-state index contributed by atoms with van der Waals surface area (Å²) in [5.41, 5.74) is 2.88. The molecule has 0 saturated heterocycles. The number of nitrogens with one attached hydrogen (secondary N) is 2. The lowest BCUT2D eigenvalue weighted by molar-refractivity contribution is 0.535. The van der Waals surface area contributed by atoms with E-state index in [0.29, 0.717) is 5.11 Å². The Labute approximate surface area is 169 Å². The summed E-state index contributed by atoms with van der Waals surface area (Å²) in [5, 5.41) is 7.99. The lowest BCUT2D eigenvalue weighted by atomic mass is 10.0. The second-order valence-corrected chi connectivity index (χ2v) is 7.83. The predicted molar refractivity (Wildman–Crippen MR) is 122 cm³/mol. The molecule has 0 aromatic carbocycles. The number of rotatable bonds is 19. The fraction of sp³-hybridized carbons (Fsp3) is 0.909. The first-order valence-electron chi connectivity index (χ1n) is 11.4. The van der Waals surface area contributed by atoms with Gasteiger partial charge in [-0.05, 0) is 31.5 Å². The average molecular weight is 384 g/mol. The van der Waals surface area contributed by atoms with Crippen LogP contribution in [0, 0.1) is 0 Å². The van der Waals surface area contributed by atoms with Crippen molar-refractivity contribution in [2.45, 2.75) is 123 Å². The molecule has 26 heavy (non-hydrogen) atoms. The maximum absolute atomic E-state index is 5.20. The monoisotopic (exact) mass is 383 g/mol. The molecule has 3 nitrogen and oxygen atoms in total. The molecule has 0 spiro atoms. The summed E-state index contributed by atoms with van der Waals surface area (Å²) in [7, 11) is 0. The molecule has 2 N–H and O–H groups in total. The second-order valence-electron chi connectivity index (χ2n) is 7.42. The van der Waals surface area contributed by atoms with Gasteiger partial charge in [0.2, 0.25) is 0 Å². The summed E-state index contributed by atoms with van der Waals surface area (Å²) in [5.74, 6) is 0. The fourth-order valence-electron chi connectivity index (χ4n) is 3.03. The summed E-state index contributed by atoms with van der Waals surface area (Å²) in [6.45, 7) is 5.42. The van der Waals surface area contributed by atoms with Gasteiger partial charge in [0.15, 0.2) is 5.11 Å². The molecule has 0 fully saturated rings. The van der Waals surface area contributed by atoms with E-state index in [1.807, 2.05) is 6.21 Å². The van der Waals surface area contributed by atoms with E-state index in [1.54, 1.807) is 0 Å². The Bertz CT molecular complexity index is 319. The maximum Gasteiger partial charge on any atom is 0.186 e. The van der Waals surface area contributed by atoms with E-state index in [9.17, 15) is 0 Å². The number of hydrazone groups is 1. The van der Waals surface area contributed by atoms with Crippen LogP contribution in [0.2, 0.25) is 0 Å². The van der Waals surface area contributed by atoms with Gasteiger partial charge in [-0.25, -0.2) is 0 Å². The average Bonchev–Trinajstić information content (AvgIpc) is 2.64. The van der Waals surface area contributed by atoms with Gasteiger partial charge in [-0.3, -0.25) is 5.43 Å². The molecule has 0 unspecified atom stereocenters. The molecule has 0 atom stereocenters. The highest BCUT2D eigenvalue weighted by Crippen LogP contribution is 2.12. The van der Waals surface area contributed by atoms with Crippen molar-refractivity contribution in [1.29, 1.82) is 0 Å². The van der Waals surface area contributed by atoms with Gasteiger partial charge in [0.25, 0.3) is 0 Å². The molecule has 0 amide bonds. The lowest BCUT2D eigenvalue weighted by Crippen LogP contribution is -2.32. The van der Waals surface area contributed by atoms with Gasteiger partial charge in [-0.15, -0.1) is 0 Å². The number of nitrogens with zero attached hydrogens (tertiary/aromatic N) is 1. The summed E-state index contributed by atoms with van der Waals surface area (Å²) in [4.78, 5) is 0. The van der Waals surface area contributed by atoms with Crippen molar-refractivity contribution in [3.63, 3.8) is 0 Å². The Hall–Kier alpha value is -0.640. The summed E-state index contributed by atoms with van der Waals surface area (Å²) < 4.78 is 0. The van der Waals surface area contributed by atoms with Crippen molar-refractivity contribution in [2.75, 3.05) is 6.54 Å². The third-order valence-electron chi connectivity index (χ3n) is 4.76. The van der Waals surface area contributed by atoms with Crippen molar-refractivity contribution in [2.24, 2.45) is 5.10 Å². The van der Waals surface area contributed by atoms with Crippen LogP contribution >= 0.6 is 12.2 Å². The fourth-order valence-corrected chi connectivity index (χ4v) is 3.18. The Balaban J connectivity index is 3.15. The molecule has 4 heteroatoms. The molecule has 0 radical (unpaired) electrons. The zero-order valence-electron chi connectivity index (χ0n) is 17.7. The maximum atomic E-state index is 5.20. The van der Waals surface area contributed by atoms with Gasteiger partial charge in [-0.1, -0.05) is 104 Å². The molecule has 0 heterocycles. The minimum absolute atomic E-state index is 0.646. The second kappa shape index (κ2) is 22.4. The van der Waals surface area contributed by atoms with Gasteiger partial charge in [-0.2, -0.15) is 5.10 Å². The van der Waals surface area contributed by atoms with Gasteiger partial charge < -0.3 is 5.32 Å². The molecule has 0 saturated carbocycles. The van der Waals surface area contributed by atoms with Crippen molar-refractivity contribution >= 4 is 23.5 Å². The Morgan fingerprint density at radius 1 is 0.692 bits per heavy atom. The van der Waals surface area contributed by atoms with Crippen LogP contribution < -0.4 is 10.7 Å². The lowest BCUT2D eigenvalue weighted by Gasteiger charge is -2.07. The quantitative estimate of drug-likeness (QED) is 0.108. The number of unbranched alkanes of at least 4 members (excludes halogenated alkanes) is 15. The van der Waals surface area contributed by atoms with Crippen molar-refractivity contribution in [3.05, 3.63) is 0 Å². The molecule has 0 aromatic heterocycles. The number of hydrogen-bond acceptors (Lipinski definition) is 2. The van der Waals surface area contributed by atoms with Crippen LogP contribution in [-0.2, 0) is 0 Å². The molecular formula is C22H45N3S. The van der Waals surface area contributed by atoms with Crippen LogP contribution in [0.5, 0.6) is 0 Å². The Kier molecular flexibility index (Phi) is 21.8. The molecule has 0 aliphatic carbocycles. The van der Waals surface area contributed by atoms with Crippen molar-refractivity contribution in [3.8, 4) is 0 Å². The topological polar surface area (TPSA) is 36.4 Å². The number of thiocarbonyl (C=S) groups is 1. The zero-order chi connectivity index (χ0) is 19.1. The highest BCUT2D eigenvalue weighted by molar-refractivity contribution is 7.80. The van der Waals surface area contributed by atoms with E-state index < -0.39 is 0 Å². The molecular weight excluding hydrogens is 338 g/mol. The van der Waals surface area contributed by atoms with E-state index in [-0.39, 0.29) is 0 Å². The molecule has 0 aliphatic rings. The highest BCUT2D eigenvalue weighted by Gasteiger charge is 1.95. The standard InChI is InChI=1S/C22H45N3S/c1-3-5-7-8-9-10-11-12-13-14-15-16-17-19-20-23-22(26)25-24-21-18-6-4-2/h21H,3-20H2,1-2H3,(H2,23,25,26). The molecule has 0 rings (SSSR count). The van der Waals surface area contributed by atoms with E-state index in [2.05, 4.69) is 29.7 Å². The molecule has 0 aromatic rings. The molecule has 0 bridgehead atoms. The SMILES string of the molecule is CCCCC=NNC(=S)NCCCCCCCCCCCCCCCC. The van der Waals surface area contributed by atoms with Crippen LogP contribution in [0.4, 0.5) is 0 Å². The largest absolute Gasteiger partial charge is 0.361 e. The first-order chi connectivity index (χ1) is 12.8. The van der Waals surface area contributed by atoms with Gasteiger partial charge in [0, 0.05) is 12.8 Å². The summed E-state index contributed by atoms with van der Waals surface area (Å²) in [6.07, 6.45) is 24.8. The van der Waals surface area contributed by atoms with Crippen LogP contribution in [0.15, 0.2) is 5.10 Å². The zero-order valence-corrected chi connectivity index (χ0v) is 18.5. The molecule has 154 valence electrons. The van der Waals surface area contributed by atoms with E-state index >= 15 is 0 Å². The highest BCUT2D eigenvalue weighted by atomic mass is 32.1. The third kappa shape index (κ3) is 21.4. The Morgan fingerprint density at radius 3 is 1.65 bits per heavy atom. The van der Waals surface area contributed by atoms with E-state index in [4.69, 9.17) is 12.2 Å². The van der Waals surface area contributed by atoms with Gasteiger partial charge in [0.05, 0.1) is 0 Å². The summed E-state index contributed by atoms with van der Waals surface area (Å²) in [6, 6.07) is 0. The van der Waals surface area contributed by atoms with Gasteiger partial charge in [0.1, 0.15) is 0 Å². The summed E-state index contributed by atoms with van der Waals surface area (Å²) >= 11 is 5.20. The van der Waals surface area contributed by atoms with Crippen LogP contribution in [0.1, 0.15) is 123 Å². The van der Waals surface area contributed by atoms with Crippen molar-refractivity contribution < 1.29 is 0 Å². The predicted octanol–water partition coefficient (Wildman–Crippen LogP) is 7.11. The van der Waals surface area contributed by atoms with Crippen LogP contribution in [0.25, 0.3) is 0 Å². The number of hydrogen-bond donors (Lipinski definition) is 2. The smallest absolute Gasteiger partial charge is 0.186 e. The minimum Gasteiger partial charge on any atom is -0.361 e. The van der Waals surface area contributed by atoms with Gasteiger partial charge >= 0.3 is 0 Å². The minimum atomic E-state index is 0.646. The van der Waals surface area contributed by atoms with E-state index in [1.165, 1.54) is 103 Å².